The summed E-state index contributed by atoms with van der Waals surface area (Å²) in [6, 6.07) is 18.1. The zero-order valence-corrected chi connectivity index (χ0v) is 22.3. The second-order valence-corrected chi connectivity index (χ2v) is 9.66. The number of benzene rings is 1. The molecule has 12 nitrogen and oxygen atoms in total. The first-order valence-electron chi connectivity index (χ1n) is 13.0. The van der Waals surface area contributed by atoms with Gasteiger partial charge in [-0.2, -0.15) is 0 Å². The fourth-order valence-corrected chi connectivity index (χ4v) is 4.47. The first-order chi connectivity index (χ1) is 20.0. The molecule has 206 valence electrons. The number of pyridine rings is 3. The SMILES string of the molecule is CC(C)n1[nH]c(=O)c2ccc(Nc3cc(N[C@H](CO)c4ccccc4)c(-c4nnc(-c5cccnc5)o4)cn3)nc21. The van der Waals surface area contributed by atoms with E-state index in [0.29, 0.717) is 45.4 Å². The van der Waals surface area contributed by atoms with Gasteiger partial charge in [-0.05, 0) is 43.7 Å². The molecule has 5 aromatic heterocycles. The summed E-state index contributed by atoms with van der Waals surface area (Å²) in [5.74, 6) is 1.57. The van der Waals surface area contributed by atoms with Crippen LogP contribution in [-0.2, 0) is 0 Å². The number of nitrogens with one attached hydrogen (secondary N) is 3. The maximum atomic E-state index is 12.3. The third-order valence-corrected chi connectivity index (χ3v) is 6.52. The Hall–Kier alpha value is -5.36. The van der Waals surface area contributed by atoms with Gasteiger partial charge in [0.15, 0.2) is 5.65 Å². The number of anilines is 3. The van der Waals surface area contributed by atoms with Crippen LogP contribution in [0.3, 0.4) is 0 Å². The molecule has 1 atom stereocenters. The number of hydrogen-bond acceptors (Lipinski definition) is 10. The van der Waals surface area contributed by atoms with Crippen molar-refractivity contribution in [2.75, 3.05) is 17.2 Å². The van der Waals surface area contributed by atoms with Crippen LogP contribution in [0, 0.1) is 0 Å². The Labute approximate surface area is 234 Å². The van der Waals surface area contributed by atoms with Crippen molar-refractivity contribution in [3.8, 4) is 22.9 Å². The lowest BCUT2D eigenvalue weighted by Gasteiger charge is -2.20. The zero-order valence-electron chi connectivity index (χ0n) is 22.3. The van der Waals surface area contributed by atoms with E-state index >= 15 is 0 Å². The fourth-order valence-electron chi connectivity index (χ4n) is 4.47. The Morgan fingerprint density at radius 3 is 2.59 bits per heavy atom. The monoisotopic (exact) mass is 549 g/mol. The molecule has 41 heavy (non-hydrogen) atoms. The average molecular weight is 550 g/mol. The number of nitrogens with zero attached hydrogens (tertiary/aromatic N) is 6. The third-order valence-electron chi connectivity index (χ3n) is 6.52. The molecule has 0 amide bonds. The van der Waals surface area contributed by atoms with Gasteiger partial charge in [0, 0.05) is 30.7 Å². The largest absolute Gasteiger partial charge is 0.416 e. The van der Waals surface area contributed by atoms with Crippen molar-refractivity contribution >= 4 is 28.4 Å². The molecule has 0 aliphatic rings. The van der Waals surface area contributed by atoms with E-state index in [-0.39, 0.29) is 24.1 Å². The Bertz CT molecular complexity index is 1850. The Balaban J connectivity index is 1.38. The van der Waals surface area contributed by atoms with Gasteiger partial charge in [-0.3, -0.25) is 19.6 Å². The number of aromatic nitrogens is 7. The van der Waals surface area contributed by atoms with Gasteiger partial charge in [-0.1, -0.05) is 30.3 Å². The van der Waals surface area contributed by atoms with Gasteiger partial charge in [0.25, 0.3) is 11.4 Å². The lowest BCUT2D eigenvalue weighted by molar-refractivity contribution is 0.276. The third kappa shape index (κ3) is 5.28. The fraction of sp³-hybridized carbons (Fsp3) is 0.172. The number of hydrogen-bond donors (Lipinski definition) is 4. The van der Waals surface area contributed by atoms with Crippen molar-refractivity contribution in [2.45, 2.75) is 25.9 Å². The molecule has 0 aliphatic carbocycles. The summed E-state index contributed by atoms with van der Waals surface area (Å²) in [6.45, 7) is 3.78. The molecule has 0 fully saturated rings. The van der Waals surface area contributed by atoms with Crippen molar-refractivity contribution in [2.24, 2.45) is 0 Å². The van der Waals surface area contributed by atoms with Crippen LogP contribution in [-0.4, -0.2) is 46.6 Å². The molecule has 0 spiro atoms. The standard InChI is InChI=1S/C29H27N9O3/c1-17(2)38-26-20(27(40)37-38)10-11-24(34-26)33-25-13-22(32-23(16-39)18-7-4-3-5-8-18)21(15-31-25)29-36-35-28(41-29)19-9-6-12-30-14-19/h3-15,17,23,39H,16H2,1-2H3,(H,37,40)(H2,31,32,33,34)/t23-/m1/s1. The Morgan fingerprint density at radius 2 is 1.83 bits per heavy atom. The van der Waals surface area contributed by atoms with Gasteiger partial charge in [-0.25, -0.2) is 9.97 Å². The summed E-state index contributed by atoms with van der Waals surface area (Å²) < 4.78 is 7.72. The van der Waals surface area contributed by atoms with Gasteiger partial charge in [0.1, 0.15) is 11.6 Å². The minimum Gasteiger partial charge on any atom is -0.416 e. The number of aliphatic hydroxyl groups excluding tert-OH is 1. The lowest BCUT2D eigenvalue weighted by atomic mass is 10.1. The highest BCUT2D eigenvalue weighted by atomic mass is 16.4. The summed E-state index contributed by atoms with van der Waals surface area (Å²) >= 11 is 0. The second kappa shape index (κ2) is 11.0. The van der Waals surface area contributed by atoms with Crippen LogP contribution >= 0.6 is 0 Å². The number of aliphatic hydroxyl groups is 1. The van der Waals surface area contributed by atoms with Gasteiger partial charge >= 0.3 is 0 Å². The Kier molecular flexibility index (Phi) is 6.96. The molecule has 0 bridgehead atoms. The van der Waals surface area contributed by atoms with E-state index in [1.165, 1.54) is 0 Å². The average Bonchev–Trinajstić information content (AvgIpc) is 3.62. The molecule has 0 saturated heterocycles. The van der Waals surface area contributed by atoms with Crippen molar-refractivity contribution in [1.82, 2.24) is 34.9 Å². The molecule has 12 heteroatoms. The zero-order chi connectivity index (χ0) is 28.3. The summed E-state index contributed by atoms with van der Waals surface area (Å²) in [4.78, 5) is 25.7. The minimum absolute atomic E-state index is 0.0236. The predicted molar refractivity (Wildman–Crippen MR) is 155 cm³/mol. The van der Waals surface area contributed by atoms with Gasteiger partial charge < -0.3 is 20.2 Å². The number of H-pyrrole nitrogens is 1. The molecule has 0 unspecified atom stereocenters. The van der Waals surface area contributed by atoms with Crippen LogP contribution in [0.1, 0.15) is 31.5 Å². The smallest absolute Gasteiger partial charge is 0.273 e. The van der Waals surface area contributed by atoms with E-state index in [2.05, 4.69) is 40.9 Å². The van der Waals surface area contributed by atoms with Crippen LogP contribution in [0.25, 0.3) is 33.9 Å². The lowest BCUT2D eigenvalue weighted by Crippen LogP contribution is -2.15. The van der Waals surface area contributed by atoms with E-state index in [0.717, 1.165) is 5.56 Å². The summed E-state index contributed by atoms with van der Waals surface area (Å²) in [5, 5.41) is 28.6. The molecule has 0 aliphatic heterocycles. The maximum absolute atomic E-state index is 12.3. The highest BCUT2D eigenvalue weighted by Gasteiger charge is 2.19. The van der Waals surface area contributed by atoms with E-state index in [1.54, 1.807) is 47.5 Å². The summed E-state index contributed by atoms with van der Waals surface area (Å²) in [5.41, 5.74) is 3.10. The van der Waals surface area contributed by atoms with Gasteiger partial charge in [0.05, 0.1) is 34.8 Å². The van der Waals surface area contributed by atoms with E-state index in [9.17, 15) is 9.90 Å². The topological polar surface area (TPSA) is 160 Å². The van der Waals surface area contributed by atoms with Gasteiger partial charge in [-0.15, -0.1) is 10.2 Å². The van der Waals surface area contributed by atoms with Crippen molar-refractivity contribution in [1.29, 1.82) is 0 Å². The molecular weight excluding hydrogens is 522 g/mol. The van der Waals surface area contributed by atoms with Crippen molar-refractivity contribution in [3.63, 3.8) is 0 Å². The molecule has 5 heterocycles. The Morgan fingerprint density at radius 1 is 1.00 bits per heavy atom. The van der Waals surface area contributed by atoms with Crippen LogP contribution in [0.4, 0.5) is 17.3 Å². The molecule has 6 rings (SSSR count). The van der Waals surface area contributed by atoms with Crippen molar-refractivity contribution < 1.29 is 9.52 Å². The van der Waals surface area contributed by atoms with E-state index < -0.39 is 6.04 Å². The number of fused-ring (bicyclic) bond motifs is 1. The number of aromatic amines is 1. The molecular formula is C29H27N9O3. The molecule has 6 aromatic rings. The van der Waals surface area contributed by atoms with Crippen LogP contribution < -0.4 is 16.2 Å². The van der Waals surface area contributed by atoms with E-state index in [4.69, 9.17) is 4.42 Å². The van der Waals surface area contributed by atoms with Crippen LogP contribution in [0.15, 0.2) is 88.5 Å². The summed E-state index contributed by atoms with van der Waals surface area (Å²) in [6.07, 6.45) is 4.93. The highest BCUT2D eigenvalue weighted by molar-refractivity contribution is 5.79. The predicted octanol–water partition coefficient (Wildman–Crippen LogP) is 4.70. The van der Waals surface area contributed by atoms with Crippen LogP contribution in [0.2, 0.25) is 0 Å². The first-order valence-corrected chi connectivity index (χ1v) is 13.0. The van der Waals surface area contributed by atoms with Crippen LogP contribution in [0.5, 0.6) is 0 Å². The normalized spacial score (nSPS) is 12.1. The molecule has 0 saturated carbocycles. The highest BCUT2D eigenvalue weighted by Crippen LogP contribution is 2.33. The molecule has 4 N–H and O–H groups in total. The molecule has 1 aromatic carbocycles. The minimum atomic E-state index is -0.416. The summed E-state index contributed by atoms with van der Waals surface area (Å²) in [7, 11) is 0. The maximum Gasteiger partial charge on any atom is 0.273 e. The first kappa shape index (κ1) is 25.9. The second-order valence-electron chi connectivity index (χ2n) is 9.66. The van der Waals surface area contributed by atoms with Gasteiger partial charge in [0.2, 0.25) is 5.89 Å². The quantitative estimate of drug-likeness (QED) is 0.199. The van der Waals surface area contributed by atoms with E-state index in [1.807, 2.05) is 50.2 Å². The van der Waals surface area contributed by atoms with Crippen molar-refractivity contribution in [3.05, 3.63) is 95.2 Å². The molecule has 0 radical (unpaired) electrons. The number of rotatable bonds is 9.